The number of hydrogen-bond acceptors (Lipinski definition) is 6. The second-order valence-corrected chi connectivity index (χ2v) is 9.25. The summed E-state index contributed by atoms with van der Waals surface area (Å²) in [5.74, 6) is 0.742. The number of Topliss-reactive ketones (excluding diaryl/α,β-unsaturated/α-hetero) is 1. The van der Waals surface area contributed by atoms with Crippen molar-refractivity contribution < 1.29 is 23.8 Å². The first-order valence-corrected chi connectivity index (χ1v) is 12.1. The lowest BCUT2D eigenvalue weighted by Crippen LogP contribution is -2.36. The van der Waals surface area contributed by atoms with Gasteiger partial charge in [-0.2, -0.15) is 0 Å². The average molecular weight is 476 g/mol. The van der Waals surface area contributed by atoms with Crippen LogP contribution in [0.3, 0.4) is 0 Å². The molecule has 0 spiro atoms. The molecule has 1 heterocycles. The number of allylic oxidation sites excluding steroid dienone is 3. The molecule has 1 aliphatic carbocycles. The third-order valence-electron chi connectivity index (χ3n) is 6.50. The summed E-state index contributed by atoms with van der Waals surface area (Å²) in [6, 6.07) is 15.5. The third kappa shape index (κ3) is 5.11. The summed E-state index contributed by atoms with van der Waals surface area (Å²) in [5.41, 5.74) is 4.69. The Bertz CT molecular complexity index is 1160. The molecule has 35 heavy (non-hydrogen) atoms. The van der Waals surface area contributed by atoms with Crippen LogP contribution >= 0.6 is 0 Å². The zero-order chi connectivity index (χ0) is 25.1. The van der Waals surface area contributed by atoms with E-state index < -0.39 is 11.9 Å². The Morgan fingerprint density at radius 2 is 1.63 bits per heavy atom. The van der Waals surface area contributed by atoms with Gasteiger partial charge in [0.05, 0.1) is 25.4 Å². The monoisotopic (exact) mass is 475 g/mol. The molecule has 6 heteroatoms. The van der Waals surface area contributed by atoms with E-state index in [0.717, 1.165) is 34.0 Å². The smallest absolute Gasteiger partial charge is 0.337 e. The highest BCUT2D eigenvalue weighted by atomic mass is 16.5. The van der Waals surface area contributed by atoms with Crippen molar-refractivity contribution in [2.45, 2.75) is 58.5 Å². The van der Waals surface area contributed by atoms with Gasteiger partial charge in [-0.3, -0.25) is 4.79 Å². The molecule has 6 nitrogen and oxygen atoms in total. The van der Waals surface area contributed by atoms with Crippen LogP contribution in [0.4, 0.5) is 0 Å². The molecule has 2 aromatic carbocycles. The lowest BCUT2D eigenvalue weighted by Gasteiger charge is -2.37. The minimum absolute atomic E-state index is 0.0424. The van der Waals surface area contributed by atoms with E-state index in [1.807, 2.05) is 76.2 Å². The number of dihydropyridines is 1. The highest BCUT2D eigenvalue weighted by Gasteiger charge is 2.41. The molecule has 0 amide bonds. The van der Waals surface area contributed by atoms with Gasteiger partial charge in [-0.15, -0.1) is 0 Å². The van der Waals surface area contributed by atoms with Crippen molar-refractivity contribution in [3.8, 4) is 11.5 Å². The van der Waals surface area contributed by atoms with E-state index in [1.54, 1.807) is 7.11 Å². The van der Waals surface area contributed by atoms with Gasteiger partial charge >= 0.3 is 5.97 Å². The van der Waals surface area contributed by atoms with Crippen LogP contribution < -0.4 is 14.8 Å². The highest BCUT2D eigenvalue weighted by Crippen LogP contribution is 2.46. The fourth-order valence-corrected chi connectivity index (χ4v) is 4.96. The standard InChI is InChI=1S/C29H33NO5/c1-6-34-23-13-9-20(10-14-23)27-26(29(32)35-17(2)3)18(4)30-24-15-21(16-25(31)28(24)27)19-7-11-22(33-5)12-8-19/h7-14,17,21,27,30H,6,15-16H2,1-5H3/t21-,27-/m1/s1. The van der Waals surface area contributed by atoms with Crippen molar-refractivity contribution in [3.63, 3.8) is 0 Å². The topological polar surface area (TPSA) is 73.9 Å². The van der Waals surface area contributed by atoms with Gasteiger partial charge in [-0.05, 0) is 75.4 Å². The van der Waals surface area contributed by atoms with Crippen LogP contribution in [-0.2, 0) is 14.3 Å². The molecular weight excluding hydrogens is 442 g/mol. The molecule has 0 unspecified atom stereocenters. The number of carbonyl (C=O) groups is 2. The summed E-state index contributed by atoms with van der Waals surface area (Å²) in [6.45, 7) is 8.03. The van der Waals surface area contributed by atoms with Crippen LogP contribution in [0, 0.1) is 0 Å². The third-order valence-corrected chi connectivity index (χ3v) is 6.50. The quantitative estimate of drug-likeness (QED) is 0.540. The molecule has 1 aliphatic heterocycles. The molecule has 4 rings (SSSR count). The number of esters is 1. The maximum atomic E-state index is 13.7. The molecule has 0 aromatic heterocycles. The van der Waals surface area contributed by atoms with Gasteiger partial charge in [-0.25, -0.2) is 4.79 Å². The first-order valence-electron chi connectivity index (χ1n) is 12.1. The Kier molecular flexibility index (Phi) is 7.29. The van der Waals surface area contributed by atoms with Gasteiger partial charge in [0.15, 0.2) is 5.78 Å². The van der Waals surface area contributed by atoms with Crippen LogP contribution in [0.2, 0.25) is 0 Å². The maximum Gasteiger partial charge on any atom is 0.337 e. The fraction of sp³-hybridized carbons (Fsp3) is 0.379. The van der Waals surface area contributed by atoms with Gasteiger partial charge < -0.3 is 19.5 Å². The molecule has 0 bridgehead atoms. The molecule has 184 valence electrons. The van der Waals surface area contributed by atoms with E-state index in [4.69, 9.17) is 14.2 Å². The summed E-state index contributed by atoms with van der Waals surface area (Å²) in [6.07, 6.45) is 0.803. The molecule has 1 N–H and O–H groups in total. The molecule has 0 saturated heterocycles. The van der Waals surface area contributed by atoms with Crippen molar-refractivity contribution >= 4 is 11.8 Å². The fourth-order valence-electron chi connectivity index (χ4n) is 4.96. The van der Waals surface area contributed by atoms with Crippen molar-refractivity contribution in [1.82, 2.24) is 5.32 Å². The average Bonchev–Trinajstić information content (AvgIpc) is 2.83. The Balaban J connectivity index is 1.75. The van der Waals surface area contributed by atoms with E-state index in [2.05, 4.69) is 5.32 Å². The first kappa shape index (κ1) is 24.6. The Morgan fingerprint density at radius 1 is 1.00 bits per heavy atom. The summed E-state index contributed by atoms with van der Waals surface area (Å²) < 4.78 is 16.5. The normalized spacial score (nSPS) is 19.9. The molecule has 2 atom stereocenters. The van der Waals surface area contributed by atoms with E-state index in [0.29, 0.717) is 30.6 Å². The molecule has 0 radical (unpaired) electrons. The van der Waals surface area contributed by atoms with E-state index in [9.17, 15) is 9.59 Å². The molecular formula is C29H33NO5. The molecule has 0 fully saturated rings. The number of ether oxygens (including phenoxy) is 3. The van der Waals surface area contributed by atoms with Gasteiger partial charge in [0.25, 0.3) is 0 Å². The Morgan fingerprint density at radius 3 is 2.23 bits per heavy atom. The van der Waals surface area contributed by atoms with Crippen LogP contribution in [0.5, 0.6) is 11.5 Å². The van der Waals surface area contributed by atoms with Crippen molar-refractivity contribution in [1.29, 1.82) is 0 Å². The highest BCUT2D eigenvalue weighted by molar-refractivity contribution is 6.04. The van der Waals surface area contributed by atoms with Gasteiger partial charge in [-0.1, -0.05) is 24.3 Å². The zero-order valence-corrected chi connectivity index (χ0v) is 21.0. The second-order valence-electron chi connectivity index (χ2n) is 9.25. The van der Waals surface area contributed by atoms with E-state index >= 15 is 0 Å². The summed E-state index contributed by atoms with van der Waals surface area (Å²) in [4.78, 5) is 26.9. The summed E-state index contributed by atoms with van der Waals surface area (Å²) in [7, 11) is 1.64. The van der Waals surface area contributed by atoms with Crippen molar-refractivity contribution in [2.75, 3.05) is 13.7 Å². The van der Waals surface area contributed by atoms with E-state index in [1.165, 1.54) is 0 Å². The van der Waals surface area contributed by atoms with E-state index in [-0.39, 0.29) is 17.8 Å². The van der Waals surface area contributed by atoms with Gasteiger partial charge in [0, 0.05) is 29.3 Å². The summed E-state index contributed by atoms with van der Waals surface area (Å²) >= 11 is 0. The number of rotatable bonds is 7. The minimum Gasteiger partial charge on any atom is -0.497 e. The predicted octanol–water partition coefficient (Wildman–Crippen LogP) is 5.41. The van der Waals surface area contributed by atoms with Crippen LogP contribution in [0.25, 0.3) is 0 Å². The summed E-state index contributed by atoms with van der Waals surface area (Å²) in [5, 5.41) is 3.39. The minimum atomic E-state index is -0.488. The van der Waals surface area contributed by atoms with Gasteiger partial charge in [0.2, 0.25) is 0 Å². The lowest BCUT2D eigenvalue weighted by atomic mass is 9.71. The predicted molar refractivity (Wildman–Crippen MR) is 134 cm³/mol. The number of hydrogen-bond donors (Lipinski definition) is 1. The Labute approximate surface area is 207 Å². The molecule has 2 aromatic rings. The largest absolute Gasteiger partial charge is 0.497 e. The molecule has 2 aliphatic rings. The SMILES string of the molecule is CCOc1ccc([C@@H]2C(C(=O)OC(C)C)=C(C)NC3=C2C(=O)C[C@H](c2ccc(OC)cc2)C3)cc1. The number of benzene rings is 2. The van der Waals surface area contributed by atoms with Crippen LogP contribution in [0.15, 0.2) is 71.1 Å². The maximum absolute atomic E-state index is 13.7. The van der Waals surface area contributed by atoms with Crippen LogP contribution in [0.1, 0.15) is 63.5 Å². The number of methoxy groups -OCH3 is 1. The number of carbonyl (C=O) groups excluding carboxylic acids is 2. The van der Waals surface area contributed by atoms with Crippen molar-refractivity contribution in [2.24, 2.45) is 0 Å². The Hall–Kier alpha value is -3.54. The zero-order valence-electron chi connectivity index (χ0n) is 21.0. The molecule has 0 saturated carbocycles. The first-order chi connectivity index (χ1) is 16.8. The second kappa shape index (κ2) is 10.4. The lowest BCUT2D eigenvalue weighted by molar-refractivity contribution is -0.143. The van der Waals surface area contributed by atoms with Gasteiger partial charge in [0.1, 0.15) is 11.5 Å². The van der Waals surface area contributed by atoms with Crippen molar-refractivity contribution in [3.05, 3.63) is 82.2 Å². The number of ketones is 1. The van der Waals surface area contributed by atoms with Crippen LogP contribution in [-0.4, -0.2) is 31.6 Å². The number of nitrogens with one attached hydrogen (secondary N) is 1.